The molecule has 29 heavy (non-hydrogen) atoms. The van der Waals surface area contributed by atoms with Crippen LogP contribution in [0.15, 0.2) is 71.7 Å². The number of amides is 1. The zero-order valence-corrected chi connectivity index (χ0v) is 16.0. The summed E-state index contributed by atoms with van der Waals surface area (Å²) in [6, 6.07) is 12.9. The van der Waals surface area contributed by atoms with E-state index in [1.165, 1.54) is 6.26 Å². The maximum atomic E-state index is 12.4. The zero-order valence-electron chi connectivity index (χ0n) is 16.0. The Kier molecular flexibility index (Phi) is 5.03. The number of carbonyl (C=O) groups excluding carboxylic acids is 1. The lowest BCUT2D eigenvalue weighted by Gasteiger charge is -2.12. The number of carbonyl (C=O) groups is 1. The molecule has 3 aromatic heterocycles. The van der Waals surface area contributed by atoms with Gasteiger partial charge in [0.05, 0.1) is 17.5 Å². The number of hydrogen-bond donors (Lipinski definition) is 2. The van der Waals surface area contributed by atoms with Crippen LogP contribution in [0.2, 0.25) is 0 Å². The van der Waals surface area contributed by atoms with Gasteiger partial charge in [0.1, 0.15) is 5.76 Å². The molecule has 3 heterocycles. The fourth-order valence-electron chi connectivity index (χ4n) is 2.87. The number of hydrogen-bond acceptors (Lipinski definition) is 6. The summed E-state index contributed by atoms with van der Waals surface area (Å²) in [4.78, 5) is 25.4. The van der Waals surface area contributed by atoms with Crippen LogP contribution in [-0.2, 0) is 0 Å². The van der Waals surface area contributed by atoms with Crippen molar-refractivity contribution in [2.75, 3.05) is 10.6 Å². The minimum atomic E-state index is -0.221. The van der Waals surface area contributed by atoms with Crippen LogP contribution in [0.25, 0.3) is 11.3 Å². The average molecular weight is 385 g/mol. The first kappa shape index (κ1) is 18.4. The summed E-state index contributed by atoms with van der Waals surface area (Å²) >= 11 is 0. The molecule has 144 valence electrons. The third-order valence-electron chi connectivity index (χ3n) is 4.46. The Hall–Kier alpha value is -4.00. The Balaban J connectivity index is 1.56. The van der Waals surface area contributed by atoms with Crippen molar-refractivity contribution in [1.82, 2.24) is 15.0 Å². The summed E-state index contributed by atoms with van der Waals surface area (Å²) in [5.41, 5.74) is 4.65. The van der Waals surface area contributed by atoms with Crippen molar-refractivity contribution in [2.45, 2.75) is 13.8 Å². The first-order valence-electron chi connectivity index (χ1n) is 9.07. The normalized spacial score (nSPS) is 10.6. The van der Waals surface area contributed by atoms with Crippen molar-refractivity contribution >= 4 is 23.2 Å². The highest BCUT2D eigenvalue weighted by Crippen LogP contribution is 2.25. The first-order valence-corrected chi connectivity index (χ1v) is 9.07. The van der Waals surface area contributed by atoms with Crippen LogP contribution in [-0.4, -0.2) is 20.9 Å². The second kappa shape index (κ2) is 7.93. The van der Waals surface area contributed by atoms with E-state index in [9.17, 15) is 4.79 Å². The van der Waals surface area contributed by atoms with Crippen LogP contribution in [0, 0.1) is 13.8 Å². The summed E-state index contributed by atoms with van der Waals surface area (Å²) < 4.78 is 5.20. The molecule has 0 saturated heterocycles. The molecule has 0 saturated carbocycles. The fourth-order valence-corrected chi connectivity index (χ4v) is 2.87. The molecule has 1 aromatic carbocycles. The van der Waals surface area contributed by atoms with Crippen molar-refractivity contribution in [3.8, 4) is 11.3 Å². The van der Waals surface area contributed by atoms with Gasteiger partial charge < -0.3 is 15.1 Å². The highest BCUT2D eigenvalue weighted by molar-refractivity contribution is 6.05. The molecule has 1 amide bonds. The van der Waals surface area contributed by atoms with Crippen LogP contribution in [0.3, 0.4) is 0 Å². The predicted molar refractivity (Wildman–Crippen MR) is 111 cm³/mol. The van der Waals surface area contributed by atoms with Crippen molar-refractivity contribution in [3.05, 3.63) is 84.2 Å². The molecule has 0 bridgehead atoms. The van der Waals surface area contributed by atoms with E-state index in [0.29, 0.717) is 23.0 Å². The molecule has 0 fully saturated rings. The van der Waals surface area contributed by atoms with E-state index in [4.69, 9.17) is 4.42 Å². The lowest BCUT2D eigenvalue weighted by atomic mass is 10.1. The van der Waals surface area contributed by atoms with Gasteiger partial charge in [0.15, 0.2) is 0 Å². The number of anilines is 3. The van der Waals surface area contributed by atoms with Gasteiger partial charge in [-0.05, 0) is 55.8 Å². The van der Waals surface area contributed by atoms with Gasteiger partial charge in [0, 0.05) is 35.5 Å². The molecule has 7 nitrogen and oxygen atoms in total. The Bertz CT molecular complexity index is 1150. The molecule has 0 aliphatic rings. The molecule has 7 heteroatoms. The summed E-state index contributed by atoms with van der Waals surface area (Å²) in [7, 11) is 0. The quantitative estimate of drug-likeness (QED) is 0.515. The van der Waals surface area contributed by atoms with Gasteiger partial charge in [-0.15, -0.1) is 0 Å². The Morgan fingerprint density at radius 1 is 1.07 bits per heavy atom. The van der Waals surface area contributed by atoms with Gasteiger partial charge in [-0.25, -0.2) is 9.97 Å². The van der Waals surface area contributed by atoms with Crippen LogP contribution in [0.4, 0.5) is 17.3 Å². The number of rotatable bonds is 5. The van der Waals surface area contributed by atoms with Crippen molar-refractivity contribution in [1.29, 1.82) is 0 Å². The molecule has 0 unspecified atom stereocenters. The van der Waals surface area contributed by atoms with E-state index in [2.05, 4.69) is 25.6 Å². The molecule has 0 radical (unpaired) electrons. The topological polar surface area (TPSA) is 92.9 Å². The van der Waals surface area contributed by atoms with Crippen LogP contribution in [0.5, 0.6) is 0 Å². The summed E-state index contributed by atoms with van der Waals surface area (Å²) in [6.45, 7) is 3.72. The molecule has 4 aromatic rings. The Labute approximate surface area is 167 Å². The second-order valence-corrected chi connectivity index (χ2v) is 6.51. The summed E-state index contributed by atoms with van der Waals surface area (Å²) in [5, 5.41) is 6.12. The van der Waals surface area contributed by atoms with E-state index < -0.39 is 0 Å². The van der Waals surface area contributed by atoms with Gasteiger partial charge in [0.25, 0.3) is 5.91 Å². The minimum absolute atomic E-state index is 0.221. The maximum Gasteiger partial charge on any atom is 0.259 e. The van der Waals surface area contributed by atoms with E-state index in [1.54, 1.807) is 31.6 Å². The molecular formula is C22H19N5O2. The van der Waals surface area contributed by atoms with Crippen molar-refractivity contribution in [3.63, 3.8) is 0 Å². The first-order chi connectivity index (χ1) is 14.1. The standard InChI is InChI=1S/C22H19N5O2/c1-14-5-6-17(25-21(28)18-8-11-29-15(18)2)12-20(14)27-22-24-10-7-19(26-22)16-4-3-9-23-13-16/h3-13H,1-2H3,(H,25,28)(H,24,26,27). The number of furan rings is 1. The third-order valence-corrected chi connectivity index (χ3v) is 4.46. The summed E-state index contributed by atoms with van der Waals surface area (Å²) in [5.74, 6) is 0.818. The zero-order chi connectivity index (χ0) is 20.2. The number of benzene rings is 1. The molecule has 4 rings (SSSR count). The number of aryl methyl sites for hydroxylation is 2. The van der Waals surface area contributed by atoms with Crippen LogP contribution < -0.4 is 10.6 Å². The Morgan fingerprint density at radius 3 is 2.72 bits per heavy atom. The van der Waals surface area contributed by atoms with Crippen molar-refractivity contribution < 1.29 is 9.21 Å². The van der Waals surface area contributed by atoms with Crippen LogP contribution >= 0.6 is 0 Å². The molecule has 0 spiro atoms. The highest BCUT2D eigenvalue weighted by Gasteiger charge is 2.12. The predicted octanol–water partition coefficient (Wildman–Crippen LogP) is 4.74. The molecular weight excluding hydrogens is 366 g/mol. The smallest absolute Gasteiger partial charge is 0.259 e. The Morgan fingerprint density at radius 2 is 1.97 bits per heavy atom. The van der Waals surface area contributed by atoms with Gasteiger partial charge in [-0.2, -0.15) is 0 Å². The van der Waals surface area contributed by atoms with E-state index >= 15 is 0 Å². The number of nitrogens with one attached hydrogen (secondary N) is 2. The second-order valence-electron chi connectivity index (χ2n) is 6.51. The van der Waals surface area contributed by atoms with Gasteiger partial charge in [-0.1, -0.05) is 6.07 Å². The number of nitrogens with zero attached hydrogens (tertiary/aromatic N) is 3. The largest absolute Gasteiger partial charge is 0.469 e. The monoisotopic (exact) mass is 385 g/mol. The molecule has 0 atom stereocenters. The molecule has 2 N–H and O–H groups in total. The third kappa shape index (κ3) is 4.14. The summed E-state index contributed by atoms with van der Waals surface area (Å²) in [6.07, 6.45) is 6.67. The number of aromatic nitrogens is 3. The highest BCUT2D eigenvalue weighted by atomic mass is 16.3. The fraction of sp³-hybridized carbons (Fsp3) is 0.0909. The maximum absolute atomic E-state index is 12.4. The van der Waals surface area contributed by atoms with E-state index in [-0.39, 0.29) is 5.91 Å². The lowest BCUT2D eigenvalue weighted by molar-refractivity contribution is 0.102. The van der Waals surface area contributed by atoms with Crippen molar-refractivity contribution in [2.24, 2.45) is 0 Å². The SMILES string of the molecule is Cc1ccc(NC(=O)c2ccoc2C)cc1Nc1nccc(-c2cccnc2)n1. The van der Waals surface area contributed by atoms with E-state index in [0.717, 1.165) is 22.5 Å². The number of pyridine rings is 1. The van der Waals surface area contributed by atoms with Gasteiger partial charge >= 0.3 is 0 Å². The van der Waals surface area contributed by atoms with Gasteiger partial charge in [0.2, 0.25) is 5.95 Å². The van der Waals surface area contributed by atoms with E-state index in [1.807, 2.05) is 43.3 Å². The lowest BCUT2D eigenvalue weighted by Crippen LogP contribution is -2.12. The van der Waals surface area contributed by atoms with Crippen LogP contribution in [0.1, 0.15) is 21.7 Å². The minimum Gasteiger partial charge on any atom is -0.469 e. The average Bonchev–Trinajstić information content (AvgIpc) is 3.17. The molecule has 0 aliphatic heterocycles. The van der Waals surface area contributed by atoms with Gasteiger partial charge in [-0.3, -0.25) is 9.78 Å². The molecule has 0 aliphatic carbocycles.